The number of fused-ring (bicyclic) bond motifs is 2. The van der Waals surface area contributed by atoms with E-state index in [4.69, 9.17) is 9.47 Å². The Morgan fingerprint density at radius 3 is 1.25 bits per heavy atom. The van der Waals surface area contributed by atoms with E-state index in [1.807, 2.05) is 22.7 Å². The predicted octanol–water partition coefficient (Wildman–Crippen LogP) is 5.22. The molecule has 0 amide bonds. The Balaban J connectivity index is 2.45. The van der Waals surface area contributed by atoms with Crippen molar-refractivity contribution in [2.75, 3.05) is 14.2 Å². The van der Waals surface area contributed by atoms with E-state index in [1.54, 1.807) is 20.0 Å². The molecule has 24 heavy (non-hydrogen) atoms. The van der Waals surface area contributed by atoms with Gasteiger partial charge in [-0.15, -0.1) is 0 Å². The summed E-state index contributed by atoms with van der Waals surface area (Å²) < 4.78 is 17.5. The van der Waals surface area contributed by atoms with Crippen LogP contribution in [0, 0.1) is 0 Å². The van der Waals surface area contributed by atoms with Gasteiger partial charge in [-0.05, 0) is 0 Å². The van der Waals surface area contributed by atoms with Gasteiger partial charge in [0.1, 0.15) is 0 Å². The van der Waals surface area contributed by atoms with E-state index >= 15 is 0 Å². The molecular formula is C18H26O2S2Sn2. The van der Waals surface area contributed by atoms with Gasteiger partial charge < -0.3 is 0 Å². The number of ether oxygens (including phenoxy) is 2. The molecular weight excluding hydrogens is 550 g/mol. The SMILES string of the molecule is COc1c2c[c]([Sn]([CH3])([CH3])[CH3])sc2c(OC)c2c[c]([Sn]([CH3])([CH3])[CH3])sc12. The van der Waals surface area contributed by atoms with Gasteiger partial charge in [-0.2, -0.15) is 0 Å². The fraction of sp³-hybridized carbons (Fsp3) is 0.444. The van der Waals surface area contributed by atoms with Crippen molar-refractivity contribution in [1.29, 1.82) is 0 Å². The van der Waals surface area contributed by atoms with Crippen LogP contribution in [0.25, 0.3) is 20.2 Å². The number of benzene rings is 1. The van der Waals surface area contributed by atoms with E-state index in [0.717, 1.165) is 11.5 Å². The van der Waals surface area contributed by atoms with Crippen LogP contribution in [0.1, 0.15) is 0 Å². The van der Waals surface area contributed by atoms with Gasteiger partial charge in [0.05, 0.1) is 0 Å². The molecule has 0 atom stereocenters. The van der Waals surface area contributed by atoms with Crippen LogP contribution in [-0.4, -0.2) is 51.0 Å². The molecule has 0 bridgehead atoms. The molecule has 130 valence electrons. The standard InChI is InChI=1S/C12H8O2S2.6CH3.2Sn/c1-13-9-7-3-5-16-12(7)10(14-2)8-4-6-15-11(8)9;;;;;;;;/h3-4H,1-2H3;6*1H3;;. The first-order valence-corrected chi connectivity index (χ1v) is 29.8. The summed E-state index contributed by atoms with van der Waals surface area (Å²) in [7, 11) is 3.61. The first-order valence-electron chi connectivity index (χ1n) is 8.20. The zero-order valence-corrected chi connectivity index (χ0v) is 23.1. The molecule has 0 aliphatic carbocycles. The molecule has 0 fully saturated rings. The van der Waals surface area contributed by atoms with Crippen LogP contribution < -0.4 is 15.3 Å². The predicted molar refractivity (Wildman–Crippen MR) is 116 cm³/mol. The fourth-order valence-corrected chi connectivity index (χ4v) is 15.6. The average Bonchev–Trinajstić information content (AvgIpc) is 3.07. The van der Waals surface area contributed by atoms with E-state index < -0.39 is 36.8 Å². The van der Waals surface area contributed by atoms with Crippen molar-refractivity contribution >= 4 is 85.4 Å². The van der Waals surface area contributed by atoms with Crippen LogP contribution in [0.5, 0.6) is 11.5 Å². The minimum atomic E-state index is -2.12. The quantitative estimate of drug-likeness (QED) is 0.397. The first kappa shape index (κ1) is 19.1. The van der Waals surface area contributed by atoms with Crippen LogP contribution in [0.3, 0.4) is 0 Å². The van der Waals surface area contributed by atoms with E-state index in [9.17, 15) is 0 Å². The summed E-state index contributed by atoms with van der Waals surface area (Å²) in [6, 6.07) is 4.77. The summed E-state index contributed by atoms with van der Waals surface area (Å²) >= 11 is -0.395. The molecule has 2 aromatic heterocycles. The van der Waals surface area contributed by atoms with Gasteiger partial charge in [-0.3, -0.25) is 0 Å². The maximum atomic E-state index is 5.90. The Bertz CT molecular complexity index is 783. The molecule has 0 spiro atoms. The molecule has 6 heteroatoms. The van der Waals surface area contributed by atoms with Gasteiger partial charge >= 0.3 is 162 Å². The molecule has 1 aromatic carbocycles. The first-order chi connectivity index (χ1) is 11.1. The van der Waals surface area contributed by atoms with Crippen LogP contribution in [-0.2, 0) is 0 Å². The second kappa shape index (κ2) is 6.50. The third-order valence-electron chi connectivity index (χ3n) is 4.25. The second-order valence-corrected chi connectivity index (χ2v) is 41.2. The summed E-state index contributed by atoms with van der Waals surface area (Å²) in [4.78, 5) is 14.8. The monoisotopic (exact) mass is 578 g/mol. The van der Waals surface area contributed by atoms with Gasteiger partial charge in [0.2, 0.25) is 0 Å². The van der Waals surface area contributed by atoms with Crippen molar-refractivity contribution in [3.8, 4) is 11.5 Å². The summed E-state index contributed by atoms with van der Waals surface area (Å²) in [5.41, 5.74) is 0. The van der Waals surface area contributed by atoms with Crippen LogP contribution >= 0.6 is 22.7 Å². The van der Waals surface area contributed by atoms with Gasteiger partial charge in [-0.25, -0.2) is 0 Å². The summed E-state index contributed by atoms with van der Waals surface area (Å²) in [5, 5.41) is 2.48. The average molecular weight is 576 g/mol. The molecule has 2 heterocycles. The Morgan fingerprint density at radius 2 is 1.00 bits per heavy atom. The molecule has 0 saturated carbocycles. The molecule has 0 unspecified atom stereocenters. The third-order valence-corrected chi connectivity index (χ3v) is 25.4. The summed E-state index contributed by atoms with van der Waals surface area (Å²) in [5.74, 6) is 2.09. The van der Waals surface area contributed by atoms with Crippen LogP contribution in [0.15, 0.2) is 12.1 Å². The third kappa shape index (κ3) is 3.20. The Labute approximate surface area is 160 Å². The molecule has 0 radical (unpaired) electrons. The number of hydrogen-bond acceptors (Lipinski definition) is 4. The molecule has 2 nitrogen and oxygen atoms in total. The van der Waals surface area contributed by atoms with Gasteiger partial charge in [0.15, 0.2) is 0 Å². The Kier molecular flexibility index (Phi) is 5.17. The van der Waals surface area contributed by atoms with Crippen molar-refractivity contribution in [2.24, 2.45) is 0 Å². The normalized spacial score (nSPS) is 13.0. The van der Waals surface area contributed by atoms with Crippen molar-refractivity contribution in [3.05, 3.63) is 12.1 Å². The fourth-order valence-electron chi connectivity index (χ4n) is 2.85. The number of methoxy groups -OCH3 is 2. The Morgan fingerprint density at radius 1 is 0.667 bits per heavy atom. The molecule has 0 aliphatic heterocycles. The number of hydrogen-bond donors (Lipinski definition) is 0. The van der Waals surface area contributed by atoms with E-state index in [-0.39, 0.29) is 0 Å². The maximum absolute atomic E-state index is 5.90. The van der Waals surface area contributed by atoms with Crippen LogP contribution in [0.4, 0.5) is 0 Å². The molecule has 3 rings (SSSR count). The summed E-state index contributed by atoms with van der Waals surface area (Å²) in [6.07, 6.45) is 0. The van der Waals surface area contributed by atoms with Crippen molar-refractivity contribution < 1.29 is 9.47 Å². The molecule has 0 aliphatic rings. The zero-order chi connectivity index (χ0) is 17.9. The number of rotatable bonds is 4. The van der Waals surface area contributed by atoms with E-state index in [2.05, 4.69) is 41.8 Å². The molecule has 0 N–H and O–H groups in total. The van der Waals surface area contributed by atoms with Crippen molar-refractivity contribution in [3.63, 3.8) is 0 Å². The Hall–Kier alpha value is 0.337. The van der Waals surface area contributed by atoms with Crippen LogP contribution in [0.2, 0.25) is 29.6 Å². The topological polar surface area (TPSA) is 18.5 Å². The number of thiophene rings is 2. The van der Waals surface area contributed by atoms with Crippen molar-refractivity contribution in [2.45, 2.75) is 29.6 Å². The van der Waals surface area contributed by atoms with Gasteiger partial charge in [0, 0.05) is 0 Å². The minimum absolute atomic E-state index is 1.05. The van der Waals surface area contributed by atoms with E-state index in [1.165, 1.54) is 20.2 Å². The summed E-state index contributed by atoms with van der Waals surface area (Å²) in [6.45, 7) is 0. The second-order valence-electron chi connectivity index (χ2n) is 8.27. The molecule has 0 saturated heterocycles. The zero-order valence-electron chi connectivity index (χ0n) is 15.8. The van der Waals surface area contributed by atoms with Gasteiger partial charge in [-0.1, -0.05) is 0 Å². The van der Waals surface area contributed by atoms with E-state index in [0.29, 0.717) is 0 Å². The van der Waals surface area contributed by atoms with Crippen molar-refractivity contribution in [1.82, 2.24) is 0 Å². The molecule has 3 aromatic rings. The van der Waals surface area contributed by atoms with Gasteiger partial charge in [0.25, 0.3) is 0 Å².